The Kier molecular flexibility index (Phi) is 6.46. The van der Waals surface area contributed by atoms with Gasteiger partial charge in [0.2, 0.25) is 0 Å². The molecule has 21 heavy (non-hydrogen) atoms. The molecule has 3 nitrogen and oxygen atoms in total. The fraction of sp³-hybridized carbons (Fsp3) is 0.312. The van der Waals surface area contributed by atoms with Gasteiger partial charge in [-0.1, -0.05) is 48.6 Å². The first kappa shape index (κ1) is 17.8. The van der Waals surface area contributed by atoms with Crippen LogP contribution in [0.2, 0.25) is 0 Å². The van der Waals surface area contributed by atoms with Gasteiger partial charge < -0.3 is 10.5 Å². The molecule has 0 aromatic heterocycles. The standard InChI is InChI=1S/C16H18ClNO2.ClH/c1-20-15(19)14(18)11-16(17)9-7-13(8-10-16)12-5-3-2-4-6-12;/h2-9,14H,10-11,18H2,1H3;1H/t14-,16?;/m0./s1. The highest BCUT2D eigenvalue weighted by molar-refractivity contribution is 6.26. The lowest BCUT2D eigenvalue weighted by molar-refractivity contribution is -0.142. The number of rotatable bonds is 4. The van der Waals surface area contributed by atoms with Gasteiger partial charge in [0.15, 0.2) is 0 Å². The van der Waals surface area contributed by atoms with Crippen LogP contribution in [-0.2, 0) is 9.53 Å². The molecule has 1 aliphatic rings. The largest absolute Gasteiger partial charge is 0.468 e. The molecule has 0 bridgehead atoms. The molecule has 5 heteroatoms. The van der Waals surface area contributed by atoms with Crippen LogP contribution < -0.4 is 5.73 Å². The van der Waals surface area contributed by atoms with Crippen molar-refractivity contribution in [1.82, 2.24) is 0 Å². The van der Waals surface area contributed by atoms with E-state index in [0.717, 1.165) is 11.1 Å². The minimum Gasteiger partial charge on any atom is -0.468 e. The number of nitrogens with two attached hydrogens (primary N) is 1. The molecule has 2 rings (SSSR count). The smallest absolute Gasteiger partial charge is 0.322 e. The molecule has 114 valence electrons. The second-order valence-corrected chi connectivity index (χ2v) is 5.68. The van der Waals surface area contributed by atoms with Crippen molar-refractivity contribution >= 4 is 35.6 Å². The molecule has 2 N–H and O–H groups in total. The Balaban J connectivity index is 0.00000220. The number of esters is 1. The van der Waals surface area contributed by atoms with Crippen LogP contribution in [0.25, 0.3) is 5.57 Å². The van der Waals surface area contributed by atoms with Crippen molar-refractivity contribution in [1.29, 1.82) is 0 Å². The summed E-state index contributed by atoms with van der Waals surface area (Å²) in [5, 5.41) is 0. The van der Waals surface area contributed by atoms with Crippen LogP contribution in [0.15, 0.2) is 48.6 Å². The molecule has 1 aromatic carbocycles. The molecule has 1 aliphatic carbocycles. The number of methoxy groups -OCH3 is 1. The van der Waals surface area contributed by atoms with E-state index in [1.54, 1.807) is 0 Å². The van der Waals surface area contributed by atoms with Gasteiger partial charge >= 0.3 is 5.97 Å². The maximum absolute atomic E-state index is 11.4. The number of benzene rings is 1. The van der Waals surface area contributed by atoms with E-state index in [1.807, 2.05) is 30.4 Å². The lowest BCUT2D eigenvalue weighted by atomic mass is 9.88. The van der Waals surface area contributed by atoms with Gasteiger partial charge in [-0.15, -0.1) is 24.0 Å². The second kappa shape index (κ2) is 7.64. The topological polar surface area (TPSA) is 52.3 Å². The van der Waals surface area contributed by atoms with Crippen LogP contribution in [0.1, 0.15) is 18.4 Å². The molecule has 0 aliphatic heterocycles. The van der Waals surface area contributed by atoms with Crippen molar-refractivity contribution in [3.8, 4) is 0 Å². The predicted octanol–water partition coefficient (Wildman–Crippen LogP) is 3.32. The van der Waals surface area contributed by atoms with Gasteiger partial charge in [-0.2, -0.15) is 0 Å². The van der Waals surface area contributed by atoms with E-state index < -0.39 is 16.9 Å². The molecule has 0 heterocycles. The van der Waals surface area contributed by atoms with Gasteiger partial charge in [-0.05, 0) is 24.0 Å². The third-order valence-corrected chi connectivity index (χ3v) is 3.83. The normalized spacial score (nSPS) is 22.0. The lowest BCUT2D eigenvalue weighted by Crippen LogP contribution is -2.38. The van der Waals surface area contributed by atoms with Crippen molar-refractivity contribution in [2.45, 2.75) is 23.8 Å². The molecule has 0 amide bonds. The van der Waals surface area contributed by atoms with E-state index in [1.165, 1.54) is 7.11 Å². The third kappa shape index (κ3) is 4.60. The summed E-state index contributed by atoms with van der Waals surface area (Å²) in [6, 6.07) is 9.39. The third-order valence-electron chi connectivity index (χ3n) is 3.39. The summed E-state index contributed by atoms with van der Waals surface area (Å²) >= 11 is 6.50. The summed E-state index contributed by atoms with van der Waals surface area (Å²) in [7, 11) is 1.33. The fourth-order valence-corrected chi connectivity index (χ4v) is 2.56. The van der Waals surface area contributed by atoms with E-state index in [4.69, 9.17) is 17.3 Å². The van der Waals surface area contributed by atoms with Crippen LogP contribution in [0.3, 0.4) is 0 Å². The first-order valence-electron chi connectivity index (χ1n) is 6.51. The van der Waals surface area contributed by atoms with Crippen LogP contribution in [-0.4, -0.2) is 24.0 Å². The summed E-state index contributed by atoms with van der Waals surface area (Å²) in [4.78, 5) is 10.7. The zero-order valence-corrected chi connectivity index (χ0v) is 13.4. The fourth-order valence-electron chi connectivity index (χ4n) is 2.25. The Bertz CT molecular complexity index is 542. The number of carbonyl (C=O) groups excluding carboxylic acids is 1. The monoisotopic (exact) mass is 327 g/mol. The number of ether oxygens (including phenoxy) is 1. The van der Waals surface area contributed by atoms with Gasteiger partial charge in [0.05, 0.1) is 12.0 Å². The molecule has 0 spiro atoms. The highest BCUT2D eigenvalue weighted by Crippen LogP contribution is 2.34. The summed E-state index contributed by atoms with van der Waals surface area (Å²) in [6.07, 6.45) is 6.97. The Labute approximate surface area is 136 Å². The van der Waals surface area contributed by atoms with Crippen LogP contribution in [0.4, 0.5) is 0 Å². The molecule has 0 fully saturated rings. The highest BCUT2D eigenvalue weighted by Gasteiger charge is 2.31. The van der Waals surface area contributed by atoms with E-state index in [2.05, 4.69) is 22.9 Å². The maximum atomic E-state index is 11.4. The predicted molar refractivity (Wildman–Crippen MR) is 88.6 cm³/mol. The number of allylic oxidation sites excluding steroid dienone is 4. The van der Waals surface area contributed by atoms with E-state index in [-0.39, 0.29) is 12.4 Å². The second-order valence-electron chi connectivity index (χ2n) is 4.93. The molecular weight excluding hydrogens is 309 g/mol. The summed E-state index contributed by atoms with van der Waals surface area (Å²) in [6.45, 7) is 0. The van der Waals surface area contributed by atoms with Gasteiger partial charge in [0, 0.05) is 0 Å². The molecule has 2 atom stereocenters. The van der Waals surface area contributed by atoms with E-state index in [9.17, 15) is 4.79 Å². The zero-order valence-electron chi connectivity index (χ0n) is 11.8. The van der Waals surface area contributed by atoms with Crippen LogP contribution >= 0.6 is 24.0 Å². The van der Waals surface area contributed by atoms with Crippen LogP contribution in [0.5, 0.6) is 0 Å². The zero-order chi connectivity index (χ0) is 14.6. The first-order valence-corrected chi connectivity index (χ1v) is 6.89. The van der Waals surface area contributed by atoms with Gasteiger partial charge in [-0.3, -0.25) is 4.79 Å². The Morgan fingerprint density at radius 2 is 2.10 bits per heavy atom. The minimum absolute atomic E-state index is 0. The molecule has 0 saturated heterocycles. The molecule has 1 aromatic rings. The maximum Gasteiger partial charge on any atom is 0.322 e. The SMILES string of the molecule is COC(=O)[C@@H](N)CC1(Cl)C=CC(c2ccccc2)=CC1.Cl. The Morgan fingerprint density at radius 1 is 1.43 bits per heavy atom. The van der Waals surface area contributed by atoms with Gasteiger partial charge in [-0.25, -0.2) is 0 Å². The summed E-state index contributed by atoms with van der Waals surface area (Å²) in [5.74, 6) is -0.434. The van der Waals surface area contributed by atoms with Crippen molar-refractivity contribution in [2.75, 3.05) is 7.11 Å². The van der Waals surface area contributed by atoms with Gasteiger partial charge in [0.25, 0.3) is 0 Å². The number of carbonyl (C=O) groups is 1. The average Bonchev–Trinajstić information content (AvgIpc) is 2.47. The number of hydrogen-bond acceptors (Lipinski definition) is 3. The van der Waals surface area contributed by atoms with Crippen molar-refractivity contribution in [3.05, 3.63) is 54.1 Å². The number of hydrogen-bond donors (Lipinski definition) is 1. The first-order chi connectivity index (χ1) is 9.54. The van der Waals surface area contributed by atoms with Crippen molar-refractivity contribution in [3.63, 3.8) is 0 Å². The van der Waals surface area contributed by atoms with Crippen molar-refractivity contribution < 1.29 is 9.53 Å². The minimum atomic E-state index is -0.700. The van der Waals surface area contributed by atoms with Gasteiger partial charge in [0.1, 0.15) is 6.04 Å². The Morgan fingerprint density at radius 3 is 2.62 bits per heavy atom. The van der Waals surface area contributed by atoms with E-state index >= 15 is 0 Å². The Hall–Kier alpha value is -1.29. The molecular formula is C16H19Cl2NO2. The quantitative estimate of drug-likeness (QED) is 0.681. The molecule has 1 unspecified atom stereocenters. The number of halogens is 2. The summed E-state index contributed by atoms with van der Waals surface area (Å²) in [5.41, 5.74) is 8.06. The molecule has 0 saturated carbocycles. The van der Waals surface area contributed by atoms with Crippen molar-refractivity contribution in [2.24, 2.45) is 5.73 Å². The average molecular weight is 328 g/mol. The number of alkyl halides is 1. The summed E-state index contributed by atoms with van der Waals surface area (Å²) < 4.78 is 4.63. The highest BCUT2D eigenvalue weighted by atomic mass is 35.5. The van der Waals surface area contributed by atoms with Crippen LogP contribution in [0, 0.1) is 0 Å². The van der Waals surface area contributed by atoms with E-state index in [0.29, 0.717) is 12.8 Å². The lowest BCUT2D eigenvalue weighted by Gasteiger charge is -2.27. The molecule has 0 radical (unpaired) electrons.